The molecule has 0 spiro atoms. The molecule has 0 aliphatic rings. The average Bonchev–Trinajstić information content (AvgIpc) is 2.17. The van der Waals surface area contributed by atoms with Crippen molar-refractivity contribution < 1.29 is 5.11 Å². The van der Waals surface area contributed by atoms with Gasteiger partial charge in [0.15, 0.2) is 0 Å². The van der Waals surface area contributed by atoms with Crippen LogP contribution in [0.1, 0.15) is 25.0 Å². The Morgan fingerprint density at radius 2 is 1.77 bits per heavy atom. The van der Waals surface area contributed by atoms with E-state index in [1.54, 1.807) is 0 Å². The first-order valence-electron chi connectivity index (χ1n) is 4.60. The molecule has 0 radical (unpaired) electrons. The van der Waals surface area contributed by atoms with Crippen LogP contribution in [0.2, 0.25) is 0 Å². The van der Waals surface area contributed by atoms with Crippen molar-refractivity contribution in [2.45, 2.75) is 19.4 Å². The van der Waals surface area contributed by atoms with Gasteiger partial charge in [0.1, 0.15) is 0 Å². The van der Waals surface area contributed by atoms with E-state index >= 15 is 0 Å². The highest BCUT2D eigenvalue weighted by atomic mass is 16.3. The van der Waals surface area contributed by atoms with Crippen LogP contribution in [0.25, 0.3) is 0 Å². The third kappa shape index (κ3) is 2.46. The lowest BCUT2D eigenvalue weighted by molar-refractivity contribution is 0.173. The van der Waals surface area contributed by atoms with E-state index in [-0.39, 0.29) is 6.10 Å². The van der Waals surface area contributed by atoms with Crippen molar-refractivity contribution in [2.24, 2.45) is 0 Å². The predicted octanol–water partition coefficient (Wildman–Crippen LogP) is 2.20. The summed E-state index contributed by atoms with van der Waals surface area (Å²) in [4.78, 5) is 2.04. The zero-order valence-electron chi connectivity index (χ0n) is 8.49. The van der Waals surface area contributed by atoms with Gasteiger partial charge in [-0.15, -0.1) is 0 Å². The Hall–Kier alpha value is -1.02. The quantitative estimate of drug-likeness (QED) is 0.769. The Balaban J connectivity index is 2.81. The highest BCUT2D eigenvalue weighted by molar-refractivity contribution is 5.46. The molecule has 0 aliphatic carbocycles. The lowest BCUT2D eigenvalue weighted by Gasteiger charge is -2.14. The minimum absolute atomic E-state index is 0.323. The van der Waals surface area contributed by atoms with Crippen LogP contribution in [-0.4, -0.2) is 19.2 Å². The highest BCUT2D eigenvalue weighted by Crippen LogP contribution is 2.19. The topological polar surface area (TPSA) is 23.5 Å². The molecule has 13 heavy (non-hydrogen) atoms. The minimum Gasteiger partial charge on any atom is -0.388 e. The van der Waals surface area contributed by atoms with Gasteiger partial charge in [0.2, 0.25) is 0 Å². The van der Waals surface area contributed by atoms with E-state index < -0.39 is 0 Å². The van der Waals surface area contributed by atoms with Gasteiger partial charge in [-0.3, -0.25) is 0 Å². The van der Waals surface area contributed by atoms with Crippen LogP contribution in [0.4, 0.5) is 5.69 Å². The van der Waals surface area contributed by atoms with Crippen molar-refractivity contribution in [3.63, 3.8) is 0 Å². The molecule has 0 saturated carbocycles. The smallest absolute Gasteiger partial charge is 0.0787 e. The summed E-state index contributed by atoms with van der Waals surface area (Å²) in [5.74, 6) is 0. The normalized spacial score (nSPS) is 12.6. The van der Waals surface area contributed by atoms with Crippen LogP contribution in [0.15, 0.2) is 24.3 Å². The molecular formula is C11H17NO. The van der Waals surface area contributed by atoms with Crippen LogP contribution in [0.5, 0.6) is 0 Å². The van der Waals surface area contributed by atoms with Crippen LogP contribution in [-0.2, 0) is 0 Å². The number of nitrogens with zero attached hydrogens (tertiary/aromatic N) is 1. The zero-order chi connectivity index (χ0) is 9.84. The monoisotopic (exact) mass is 179 g/mol. The van der Waals surface area contributed by atoms with E-state index in [9.17, 15) is 5.11 Å². The summed E-state index contributed by atoms with van der Waals surface area (Å²) < 4.78 is 0. The van der Waals surface area contributed by atoms with Crippen molar-refractivity contribution in [1.82, 2.24) is 0 Å². The molecule has 1 N–H and O–H groups in total. The molecule has 1 aromatic carbocycles. The lowest BCUT2D eigenvalue weighted by Crippen LogP contribution is -2.08. The SMILES string of the molecule is CCC(O)c1ccc(N(C)C)cc1. The molecule has 1 aromatic rings. The summed E-state index contributed by atoms with van der Waals surface area (Å²) in [6.45, 7) is 1.98. The summed E-state index contributed by atoms with van der Waals surface area (Å²) in [6, 6.07) is 8.00. The largest absolute Gasteiger partial charge is 0.388 e. The number of aliphatic hydroxyl groups is 1. The summed E-state index contributed by atoms with van der Waals surface area (Å²) in [7, 11) is 4.01. The van der Waals surface area contributed by atoms with Crippen molar-refractivity contribution in [1.29, 1.82) is 0 Å². The molecule has 1 atom stereocenters. The van der Waals surface area contributed by atoms with Crippen molar-refractivity contribution in [3.8, 4) is 0 Å². The number of benzene rings is 1. The van der Waals surface area contributed by atoms with Gasteiger partial charge in [-0.2, -0.15) is 0 Å². The Bertz CT molecular complexity index is 253. The Kier molecular flexibility index (Phi) is 3.32. The number of rotatable bonds is 3. The van der Waals surface area contributed by atoms with E-state index in [1.165, 1.54) is 0 Å². The summed E-state index contributed by atoms with van der Waals surface area (Å²) >= 11 is 0. The van der Waals surface area contributed by atoms with Gasteiger partial charge >= 0.3 is 0 Å². The average molecular weight is 179 g/mol. The molecule has 0 amide bonds. The molecular weight excluding hydrogens is 162 g/mol. The summed E-state index contributed by atoms with van der Waals surface area (Å²) in [5.41, 5.74) is 2.15. The maximum atomic E-state index is 9.55. The summed E-state index contributed by atoms with van der Waals surface area (Å²) in [5, 5.41) is 9.55. The first kappa shape index (κ1) is 10.1. The first-order valence-corrected chi connectivity index (χ1v) is 4.60. The maximum absolute atomic E-state index is 9.55. The van der Waals surface area contributed by atoms with E-state index in [0.29, 0.717) is 0 Å². The van der Waals surface area contributed by atoms with Gasteiger partial charge in [-0.25, -0.2) is 0 Å². The van der Waals surface area contributed by atoms with Gasteiger partial charge in [-0.1, -0.05) is 19.1 Å². The number of anilines is 1. The van der Waals surface area contributed by atoms with Crippen LogP contribution < -0.4 is 4.90 Å². The molecule has 2 heteroatoms. The predicted molar refractivity (Wildman–Crippen MR) is 56.0 cm³/mol. The fraction of sp³-hybridized carbons (Fsp3) is 0.455. The van der Waals surface area contributed by atoms with Crippen molar-refractivity contribution in [3.05, 3.63) is 29.8 Å². The van der Waals surface area contributed by atoms with Gasteiger partial charge in [0.25, 0.3) is 0 Å². The van der Waals surface area contributed by atoms with E-state index in [0.717, 1.165) is 17.7 Å². The van der Waals surface area contributed by atoms with Crippen molar-refractivity contribution in [2.75, 3.05) is 19.0 Å². The molecule has 0 fully saturated rings. The summed E-state index contributed by atoms with van der Waals surface area (Å²) in [6.07, 6.45) is 0.442. The van der Waals surface area contributed by atoms with Gasteiger partial charge in [0, 0.05) is 19.8 Å². The molecule has 1 rings (SSSR count). The van der Waals surface area contributed by atoms with Crippen LogP contribution >= 0.6 is 0 Å². The fourth-order valence-corrected chi connectivity index (χ4v) is 1.23. The lowest BCUT2D eigenvalue weighted by atomic mass is 10.1. The second-order valence-corrected chi connectivity index (χ2v) is 3.41. The highest BCUT2D eigenvalue weighted by Gasteiger charge is 2.03. The van der Waals surface area contributed by atoms with Crippen molar-refractivity contribution >= 4 is 5.69 Å². The number of hydrogen-bond acceptors (Lipinski definition) is 2. The molecule has 0 heterocycles. The minimum atomic E-state index is -0.323. The van der Waals surface area contributed by atoms with Crippen LogP contribution in [0.3, 0.4) is 0 Å². The van der Waals surface area contributed by atoms with E-state index in [2.05, 4.69) is 0 Å². The molecule has 72 valence electrons. The molecule has 1 unspecified atom stereocenters. The number of hydrogen-bond donors (Lipinski definition) is 1. The molecule has 0 aromatic heterocycles. The van der Waals surface area contributed by atoms with Crippen LogP contribution in [0, 0.1) is 0 Å². The third-order valence-electron chi connectivity index (χ3n) is 2.18. The fourth-order valence-electron chi connectivity index (χ4n) is 1.23. The zero-order valence-corrected chi connectivity index (χ0v) is 8.49. The third-order valence-corrected chi connectivity index (χ3v) is 2.18. The van der Waals surface area contributed by atoms with E-state index in [4.69, 9.17) is 0 Å². The number of aliphatic hydroxyl groups excluding tert-OH is 1. The van der Waals surface area contributed by atoms with Gasteiger partial charge < -0.3 is 10.0 Å². The molecule has 0 saturated heterocycles. The molecule has 0 bridgehead atoms. The second-order valence-electron chi connectivity index (χ2n) is 3.41. The van der Waals surface area contributed by atoms with E-state index in [1.807, 2.05) is 50.2 Å². The molecule has 2 nitrogen and oxygen atoms in total. The Morgan fingerprint density at radius 1 is 1.23 bits per heavy atom. The van der Waals surface area contributed by atoms with Gasteiger partial charge in [-0.05, 0) is 24.1 Å². The van der Waals surface area contributed by atoms with Gasteiger partial charge in [0.05, 0.1) is 6.10 Å². The molecule has 0 aliphatic heterocycles. The second kappa shape index (κ2) is 4.28. The Morgan fingerprint density at radius 3 is 2.15 bits per heavy atom. The maximum Gasteiger partial charge on any atom is 0.0787 e. The first-order chi connectivity index (χ1) is 6.15. The Labute approximate surface area is 79.8 Å². The standard InChI is InChI=1S/C11H17NO/c1-4-11(13)9-5-7-10(8-6-9)12(2)3/h5-8,11,13H,4H2,1-3H3.